The molecule has 0 aliphatic carbocycles. The van der Waals surface area contributed by atoms with Crippen molar-refractivity contribution in [3.63, 3.8) is 0 Å². The number of hydrogen-bond donors (Lipinski definition) is 0. The van der Waals surface area contributed by atoms with Gasteiger partial charge in [-0.1, -0.05) is 92.8 Å². The summed E-state index contributed by atoms with van der Waals surface area (Å²) in [6, 6.07) is 0. The zero-order chi connectivity index (χ0) is 38.7. The summed E-state index contributed by atoms with van der Waals surface area (Å²) in [5.74, 6) is -23.7. The number of benzene rings is 4. The van der Waals surface area contributed by atoms with Gasteiger partial charge in [0.1, 0.15) is 20.1 Å². The Labute approximate surface area is 325 Å². The van der Waals surface area contributed by atoms with Gasteiger partial charge in [-0.3, -0.25) is 24.1 Å². The van der Waals surface area contributed by atoms with Crippen LogP contribution in [0.25, 0.3) is 0 Å². The van der Waals surface area contributed by atoms with E-state index >= 15 is 17.6 Å². The van der Waals surface area contributed by atoms with Gasteiger partial charge in [0, 0.05) is 7.05 Å². The Morgan fingerprint density at radius 3 is 1.17 bits per heavy atom. The maximum atomic E-state index is 16.0. The minimum Gasteiger partial charge on any atom is -0.448 e. The molecule has 270 valence electrons. The topological polar surface area (TPSA) is 93.2 Å². The standard InChI is InChI=1S/C30H6Cl8F6N2O6/c1-3-8(31)10(33)11(34)22(9(3)32)46-29(49)5-7(30(46)50)19(42)26(21(44)17(5)40)52-24-14(37)12(35)23(13(36)15(24)38)51-25-18(41)6-4(16(39)20(25)43)27(47)45(2)28(6)48/h1-2H3. The average molecular weight is 888 g/mol. The summed E-state index contributed by atoms with van der Waals surface area (Å²) < 4.78 is 102. The monoisotopic (exact) mass is 884 g/mol. The van der Waals surface area contributed by atoms with E-state index in [1.807, 2.05) is 0 Å². The van der Waals surface area contributed by atoms with Gasteiger partial charge in [0.15, 0.2) is 34.8 Å². The van der Waals surface area contributed by atoms with E-state index in [9.17, 15) is 28.0 Å². The van der Waals surface area contributed by atoms with Gasteiger partial charge in [-0.05, 0) is 12.5 Å². The van der Waals surface area contributed by atoms with E-state index in [1.54, 1.807) is 0 Å². The highest BCUT2D eigenvalue weighted by atomic mass is 35.5. The summed E-state index contributed by atoms with van der Waals surface area (Å²) in [5, 5.41) is -5.45. The van der Waals surface area contributed by atoms with Crippen molar-refractivity contribution in [3.05, 3.63) is 103 Å². The summed E-state index contributed by atoms with van der Waals surface area (Å²) in [6.45, 7) is 1.32. The Bertz CT molecular complexity index is 2390. The van der Waals surface area contributed by atoms with Crippen molar-refractivity contribution in [1.29, 1.82) is 0 Å². The highest BCUT2D eigenvalue weighted by molar-refractivity contribution is 6.54. The Morgan fingerprint density at radius 1 is 0.423 bits per heavy atom. The number of rotatable bonds is 5. The maximum Gasteiger partial charge on any atom is 0.269 e. The fraction of sp³-hybridized carbons (Fsp3) is 0.0667. The van der Waals surface area contributed by atoms with Crippen molar-refractivity contribution in [2.45, 2.75) is 6.92 Å². The number of carbonyl (C=O) groups excluding carboxylic acids is 4. The molecule has 4 aromatic carbocycles. The van der Waals surface area contributed by atoms with Crippen molar-refractivity contribution in [2.75, 3.05) is 11.9 Å². The van der Waals surface area contributed by atoms with E-state index in [4.69, 9.17) is 102 Å². The van der Waals surface area contributed by atoms with Crippen molar-refractivity contribution < 1.29 is 55.0 Å². The Kier molecular flexibility index (Phi) is 9.74. The van der Waals surface area contributed by atoms with Crippen LogP contribution in [0.3, 0.4) is 0 Å². The molecule has 2 aliphatic rings. The largest absolute Gasteiger partial charge is 0.448 e. The van der Waals surface area contributed by atoms with Crippen LogP contribution in [-0.2, 0) is 0 Å². The van der Waals surface area contributed by atoms with Gasteiger partial charge in [0.25, 0.3) is 23.6 Å². The van der Waals surface area contributed by atoms with Crippen molar-refractivity contribution in [2.24, 2.45) is 0 Å². The molecule has 4 amide bonds. The third-order valence-electron chi connectivity index (χ3n) is 7.71. The molecule has 0 atom stereocenters. The number of ether oxygens (including phenoxy) is 2. The number of halogens is 14. The number of anilines is 1. The second-order valence-electron chi connectivity index (χ2n) is 10.5. The quantitative estimate of drug-likeness (QED) is 0.0858. The van der Waals surface area contributed by atoms with E-state index < -0.39 is 140 Å². The summed E-state index contributed by atoms with van der Waals surface area (Å²) in [5.41, 5.74) is -5.82. The van der Waals surface area contributed by atoms with E-state index in [2.05, 4.69) is 0 Å². The number of fused-ring (bicyclic) bond motifs is 2. The van der Waals surface area contributed by atoms with E-state index in [-0.39, 0.29) is 20.5 Å². The first kappa shape index (κ1) is 38.4. The van der Waals surface area contributed by atoms with Crippen LogP contribution < -0.4 is 14.4 Å². The summed E-state index contributed by atoms with van der Waals surface area (Å²) in [6.07, 6.45) is 0. The number of imide groups is 2. The molecule has 0 saturated heterocycles. The molecular weight excluding hydrogens is 882 g/mol. The summed E-state index contributed by atoms with van der Waals surface area (Å²) in [7, 11) is 0.873. The van der Waals surface area contributed by atoms with Crippen LogP contribution >= 0.6 is 92.8 Å². The van der Waals surface area contributed by atoms with Gasteiger partial charge in [-0.25, -0.2) is 22.5 Å². The normalized spacial score (nSPS) is 13.8. The molecule has 4 aromatic rings. The lowest BCUT2D eigenvalue weighted by Crippen LogP contribution is -2.30. The van der Waals surface area contributed by atoms with Crippen LogP contribution in [0.1, 0.15) is 47.0 Å². The molecule has 0 N–H and O–H groups in total. The molecule has 0 spiro atoms. The summed E-state index contributed by atoms with van der Waals surface area (Å²) >= 11 is 49.3. The molecule has 2 heterocycles. The second-order valence-corrected chi connectivity index (χ2v) is 13.5. The lowest BCUT2D eigenvalue weighted by atomic mass is 10.1. The van der Waals surface area contributed by atoms with Crippen molar-refractivity contribution >= 4 is 122 Å². The predicted molar refractivity (Wildman–Crippen MR) is 178 cm³/mol. The van der Waals surface area contributed by atoms with Gasteiger partial charge in [0.2, 0.25) is 23.1 Å². The number of nitrogens with zero attached hydrogens (tertiary/aromatic N) is 2. The number of amides is 4. The molecule has 0 unspecified atom stereocenters. The average Bonchev–Trinajstić information content (AvgIpc) is 3.50. The molecule has 0 radical (unpaired) electrons. The highest BCUT2D eigenvalue weighted by Gasteiger charge is 2.47. The molecule has 8 nitrogen and oxygen atoms in total. The first-order valence-corrected chi connectivity index (χ1v) is 16.4. The van der Waals surface area contributed by atoms with Crippen molar-refractivity contribution in [1.82, 2.24) is 4.90 Å². The minimum absolute atomic E-state index is 0.00823. The Morgan fingerprint density at radius 2 is 0.769 bits per heavy atom. The third kappa shape index (κ3) is 5.21. The zero-order valence-corrected chi connectivity index (χ0v) is 30.7. The van der Waals surface area contributed by atoms with E-state index in [1.165, 1.54) is 6.92 Å². The van der Waals surface area contributed by atoms with Crippen molar-refractivity contribution in [3.8, 4) is 23.0 Å². The Hall–Kier alpha value is -3.34. The van der Waals surface area contributed by atoms with Gasteiger partial charge in [-0.15, -0.1) is 0 Å². The van der Waals surface area contributed by atoms with Gasteiger partial charge < -0.3 is 9.47 Å². The van der Waals surface area contributed by atoms with Gasteiger partial charge in [0.05, 0.1) is 48.0 Å². The van der Waals surface area contributed by atoms with Gasteiger partial charge >= 0.3 is 0 Å². The van der Waals surface area contributed by atoms with Gasteiger partial charge in [-0.2, -0.15) is 8.78 Å². The SMILES string of the molecule is Cc1c(Cl)c(Cl)c(Cl)c(N2C(=O)c3c(F)c(F)c(Oc4c(Cl)c(Cl)c(Oc5c(F)c(F)c6c(c5F)C(=O)N(C)C6=O)c(Cl)c4Cl)c(F)c3C2=O)c1Cl. The molecule has 22 heteroatoms. The third-order valence-corrected chi connectivity index (χ3v) is 11.2. The van der Waals surface area contributed by atoms with Crippen LogP contribution in [0.4, 0.5) is 32.0 Å². The molecule has 0 fully saturated rings. The predicted octanol–water partition coefficient (Wildman–Crippen LogP) is 11.7. The summed E-state index contributed by atoms with van der Waals surface area (Å²) in [4.78, 5) is 51.7. The lowest BCUT2D eigenvalue weighted by molar-refractivity contribution is 0.0689. The molecule has 6 rings (SSSR count). The fourth-order valence-corrected chi connectivity index (χ4v) is 7.20. The lowest BCUT2D eigenvalue weighted by Gasteiger charge is -2.20. The first-order valence-electron chi connectivity index (χ1n) is 13.3. The molecular formula is C30H6Cl8F6N2O6. The van der Waals surface area contributed by atoms with Crippen LogP contribution in [0.15, 0.2) is 0 Å². The molecule has 52 heavy (non-hydrogen) atoms. The molecule has 0 saturated carbocycles. The zero-order valence-electron chi connectivity index (χ0n) is 24.6. The van der Waals surface area contributed by atoms with Crippen LogP contribution in [0.5, 0.6) is 23.0 Å². The van der Waals surface area contributed by atoms with E-state index in [0.29, 0.717) is 4.90 Å². The Balaban J connectivity index is 1.45. The molecule has 2 aliphatic heterocycles. The maximum absolute atomic E-state index is 16.0. The number of carbonyl (C=O) groups is 4. The van der Waals surface area contributed by atoms with E-state index in [0.717, 1.165) is 7.05 Å². The first-order chi connectivity index (χ1) is 24.2. The minimum atomic E-state index is -2.21. The van der Waals surface area contributed by atoms with Crippen LogP contribution in [-0.4, -0.2) is 35.6 Å². The molecule has 0 aromatic heterocycles. The number of hydrogen-bond acceptors (Lipinski definition) is 6. The fourth-order valence-electron chi connectivity index (χ4n) is 5.11. The highest BCUT2D eigenvalue weighted by Crippen LogP contribution is 2.54. The van der Waals surface area contributed by atoms with Crippen LogP contribution in [0, 0.1) is 41.8 Å². The van der Waals surface area contributed by atoms with Crippen LogP contribution in [0.2, 0.25) is 40.2 Å². The molecule has 0 bridgehead atoms. The smallest absolute Gasteiger partial charge is 0.269 e. The second kappa shape index (κ2) is 13.2.